The van der Waals surface area contributed by atoms with Gasteiger partial charge in [0.1, 0.15) is 12.7 Å². The molecule has 7 heteroatoms. The molecule has 1 aromatic heterocycles. The van der Waals surface area contributed by atoms with Crippen molar-refractivity contribution in [3.8, 4) is 0 Å². The van der Waals surface area contributed by atoms with Crippen molar-refractivity contribution in [1.29, 1.82) is 0 Å². The molecule has 0 radical (unpaired) electrons. The van der Waals surface area contributed by atoms with Crippen molar-refractivity contribution in [2.45, 2.75) is 50.6 Å². The maximum absolute atomic E-state index is 5.90. The van der Waals surface area contributed by atoms with Crippen LogP contribution in [0.3, 0.4) is 0 Å². The largest absolute Gasteiger partial charge is 0.373 e. The van der Waals surface area contributed by atoms with Gasteiger partial charge in [0.2, 0.25) is 0 Å². The molecule has 2 fully saturated rings. The van der Waals surface area contributed by atoms with Crippen LogP contribution in [0.2, 0.25) is 0 Å². The number of hydrogen-bond acceptors (Lipinski definition) is 4. The molecule has 1 aromatic carbocycles. The molecule has 2 aromatic rings. The molecule has 2 aliphatic heterocycles. The van der Waals surface area contributed by atoms with Crippen LogP contribution >= 0.6 is 0 Å². The summed E-state index contributed by atoms with van der Waals surface area (Å²) in [6.07, 6.45) is 7.51. The van der Waals surface area contributed by atoms with Gasteiger partial charge in [0.05, 0.1) is 24.8 Å². The Labute approximate surface area is 147 Å². The average molecular weight is 340 g/mol. The highest BCUT2D eigenvalue weighted by Gasteiger charge is 2.41. The fourth-order valence-corrected chi connectivity index (χ4v) is 3.69. The molecular formula is C18H24N6O. The summed E-state index contributed by atoms with van der Waals surface area (Å²) in [5.74, 6) is 0.836. The van der Waals surface area contributed by atoms with Gasteiger partial charge in [0.25, 0.3) is 0 Å². The van der Waals surface area contributed by atoms with Crippen LogP contribution in [0.5, 0.6) is 0 Å². The lowest BCUT2D eigenvalue weighted by Crippen LogP contribution is -2.47. The van der Waals surface area contributed by atoms with E-state index in [1.807, 2.05) is 11.7 Å². The molecule has 2 aliphatic rings. The summed E-state index contributed by atoms with van der Waals surface area (Å²) in [7, 11) is 1.81. The molecule has 0 spiro atoms. The zero-order chi connectivity index (χ0) is 17.1. The van der Waals surface area contributed by atoms with Gasteiger partial charge in [0.15, 0.2) is 5.96 Å². The highest BCUT2D eigenvalue weighted by Crippen LogP contribution is 2.34. The molecule has 25 heavy (non-hydrogen) atoms. The Kier molecular flexibility index (Phi) is 4.65. The number of nitrogens with zero attached hydrogens (tertiary/aromatic N) is 4. The molecule has 4 rings (SSSR count). The molecule has 2 bridgehead atoms. The Morgan fingerprint density at radius 3 is 3.00 bits per heavy atom. The van der Waals surface area contributed by atoms with Gasteiger partial charge in [-0.1, -0.05) is 24.3 Å². The Balaban J connectivity index is 1.32. The third-order valence-corrected chi connectivity index (χ3v) is 4.91. The lowest BCUT2D eigenvalue weighted by Gasteiger charge is -2.22. The second kappa shape index (κ2) is 7.23. The van der Waals surface area contributed by atoms with E-state index in [2.05, 4.69) is 50.0 Å². The predicted octanol–water partition coefficient (Wildman–Crippen LogP) is 1.31. The summed E-state index contributed by atoms with van der Waals surface area (Å²) < 4.78 is 7.72. The van der Waals surface area contributed by atoms with Gasteiger partial charge in [-0.2, -0.15) is 5.10 Å². The summed E-state index contributed by atoms with van der Waals surface area (Å²) in [6.45, 7) is 1.45. The Morgan fingerprint density at radius 1 is 1.36 bits per heavy atom. The molecule has 0 amide bonds. The topological polar surface area (TPSA) is 76.4 Å². The third kappa shape index (κ3) is 3.82. The molecule has 0 aliphatic carbocycles. The number of ether oxygens (including phenoxy) is 1. The lowest BCUT2D eigenvalue weighted by atomic mass is 9.96. The Bertz CT molecular complexity index is 729. The number of aliphatic imine (C=N–C) groups is 1. The van der Waals surface area contributed by atoms with Crippen LogP contribution in [0.25, 0.3) is 0 Å². The summed E-state index contributed by atoms with van der Waals surface area (Å²) in [4.78, 5) is 8.33. The van der Waals surface area contributed by atoms with Crippen molar-refractivity contribution >= 4 is 5.96 Å². The molecule has 2 N–H and O–H groups in total. The standard InChI is InChI=1S/C18H24N6O/c1-19-18(23-16-8-15-5-6-17(16)25-15)21-9-13-3-2-4-14(7-13)10-24-12-20-11-22-24/h2-4,7,11-12,15-17H,5-6,8-10H2,1H3,(H2,19,21,23). The fraction of sp³-hybridized carbons (Fsp3) is 0.500. The minimum absolute atomic E-state index is 0.342. The molecule has 2 saturated heterocycles. The zero-order valence-corrected chi connectivity index (χ0v) is 14.4. The second-order valence-corrected chi connectivity index (χ2v) is 6.70. The number of rotatable bonds is 5. The zero-order valence-electron chi connectivity index (χ0n) is 14.4. The maximum atomic E-state index is 5.90. The van der Waals surface area contributed by atoms with E-state index in [0.717, 1.165) is 31.9 Å². The van der Waals surface area contributed by atoms with Crippen molar-refractivity contribution < 1.29 is 4.74 Å². The maximum Gasteiger partial charge on any atom is 0.191 e. The van der Waals surface area contributed by atoms with Crippen LogP contribution in [-0.2, 0) is 17.8 Å². The quantitative estimate of drug-likeness (QED) is 0.634. The van der Waals surface area contributed by atoms with Crippen LogP contribution < -0.4 is 10.6 Å². The first-order valence-corrected chi connectivity index (χ1v) is 8.83. The first-order chi connectivity index (χ1) is 12.3. The van der Waals surface area contributed by atoms with Crippen molar-refractivity contribution in [2.24, 2.45) is 4.99 Å². The molecule has 132 valence electrons. The van der Waals surface area contributed by atoms with Crippen LogP contribution in [0.15, 0.2) is 41.9 Å². The number of nitrogens with one attached hydrogen (secondary N) is 2. The van der Waals surface area contributed by atoms with Gasteiger partial charge in [0, 0.05) is 13.6 Å². The average Bonchev–Trinajstić information content (AvgIpc) is 3.37. The number of fused-ring (bicyclic) bond motifs is 2. The molecular weight excluding hydrogens is 316 g/mol. The van der Waals surface area contributed by atoms with Crippen molar-refractivity contribution in [2.75, 3.05) is 7.05 Å². The van der Waals surface area contributed by atoms with Gasteiger partial charge in [-0.15, -0.1) is 0 Å². The third-order valence-electron chi connectivity index (χ3n) is 4.91. The number of aromatic nitrogens is 3. The van der Waals surface area contributed by atoms with Crippen LogP contribution in [0.1, 0.15) is 30.4 Å². The number of benzene rings is 1. The second-order valence-electron chi connectivity index (χ2n) is 6.70. The summed E-state index contributed by atoms with van der Waals surface area (Å²) >= 11 is 0. The van der Waals surface area contributed by atoms with Gasteiger partial charge in [-0.05, 0) is 30.4 Å². The summed E-state index contributed by atoms with van der Waals surface area (Å²) in [6, 6.07) is 8.85. The Hall–Kier alpha value is -2.41. The normalized spacial score (nSPS) is 25.3. The van der Waals surface area contributed by atoms with Crippen molar-refractivity contribution in [3.05, 3.63) is 48.0 Å². The first-order valence-electron chi connectivity index (χ1n) is 8.83. The number of guanidine groups is 1. The minimum atomic E-state index is 0.342. The van der Waals surface area contributed by atoms with Crippen molar-refractivity contribution in [3.63, 3.8) is 0 Å². The minimum Gasteiger partial charge on any atom is -0.373 e. The summed E-state index contributed by atoms with van der Waals surface area (Å²) in [5.41, 5.74) is 2.42. The van der Waals surface area contributed by atoms with E-state index in [9.17, 15) is 0 Å². The molecule has 0 saturated carbocycles. The highest BCUT2D eigenvalue weighted by molar-refractivity contribution is 5.80. The van der Waals surface area contributed by atoms with E-state index >= 15 is 0 Å². The van der Waals surface area contributed by atoms with Crippen LogP contribution in [0.4, 0.5) is 0 Å². The Morgan fingerprint density at radius 2 is 2.28 bits per heavy atom. The molecule has 3 atom stereocenters. The molecule has 3 unspecified atom stereocenters. The lowest BCUT2D eigenvalue weighted by molar-refractivity contribution is 0.0992. The molecule has 7 nitrogen and oxygen atoms in total. The van der Waals surface area contributed by atoms with E-state index in [0.29, 0.717) is 18.2 Å². The monoisotopic (exact) mass is 340 g/mol. The van der Waals surface area contributed by atoms with Gasteiger partial charge in [-0.25, -0.2) is 9.67 Å². The van der Waals surface area contributed by atoms with E-state index in [1.165, 1.54) is 17.5 Å². The molecule has 3 heterocycles. The predicted molar refractivity (Wildman–Crippen MR) is 95.2 cm³/mol. The van der Waals surface area contributed by atoms with Gasteiger partial charge >= 0.3 is 0 Å². The SMILES string of the molecule is CN=C(NCc1cccc(Cn2cncn2)c1)NC1CC2CCC1O2. The fourth-order valence-electron chi connectivity index (χ4n) is 3.69. The van der Waals surface area contributed by atoms with E-state index in [1.54, 1.807) is 12.7 Å². The van der Waals surface area contributed by atoms with Crippen molar-refractivity contribution in [1.82, 2.24) is 25.4 Å². The summed E-state index contributed by atoms with van der Waals surface area (Å²) in [5, 5.41) is 11.1. The smallest absolute Gasteiger partial charge is 0.191 e. The first kappa shape index (κ1) is 16.1. The van der Waals surface area contributed by atoms with E-state index in [4.69, 9.17) is 4.74 Å². The van der Waals surface area contributed by atoms with Crippen LogP contribution in [-0.4, -0.2) is 46.0 Å². The van der Waals surface area contributed by atoms with Gasteiger partial charge < -0.3 is 15.4 Å². The van der Waals surface area contributed by atoms with Gasteiger partial charge in [-0.3, -0.25) is 4.99 Å². The van der Waals surface area contributed by atoms with E-state index in [-0.39, 0.29) is 0 Å². The highest BCUT2D eigenvalue weighted by atomic mass is 16.5. The number of hydrogen-bond donors (Lipinski definition) is 2. The van der Waals surface area contributed by atoms with E-state index < -0.39 is 0 Å². The van der Waals surface area contributed by atoms with Crippen LogP contribution in [0, 0.1) is 0 Å².